The summed E-state index contributed by atoms with van der Waals surface area (Å²) in [6, 6.07) is 1.87. The zero-order valence-electron chi connectivity index (χ0n) is 5.78. The van der Waals surface area contributed by atoms with Gasteiger partial charge in [-0.2, -0.15) is 0 Å². The third kappa shape index (κ3) is 0.797. The van der Waals surface area contributed by atoms with E-state index in [-0.39, 0.29) is 0 Å². The van der Waals surface area contributed by atoms with Crippen LogP contribution in [0.4, 0.5) is 5.82 Å². The first-order chi connectivity index (χ1) is 5.42. The van der Waals surface area contributed by atoms with Crippen LogP contribution in [0.1, 0.15) is 0 Å². The summed E-state index contributed by atoms with van der Waals surface area (Å²) in [5, 5.41) is 0.905. The summed E-state index contributed by atoms with van der Waals surface area (Å²) in [6.07, 6.45) is 3.26. The Morgan fingerprint density at radius 1 is 1.45 bits per heavy atom. The molecule has 0 bridgehead atoms. The molecule has 0 fully saturated rings. The van der Waals surface area contributed by atoms with E-state index >= 15 is 0 Å². The average Bonchev–Trinajstić information content (AvgIpc) is 2.50. The van der Waals surface area contributed by atoms with Gasteiger partial charge in [0, 0.05) is 6.20 Å². The van der Waals surface area contributed by atoms with Crippen LogP contribution in [-0.2, 0) is 0 Å². The predicted molar refractivity (Wildman–Crippen MR) is 43.1 cm³/mol. The Morgan fingerprint density at radius 2 is 2.36 bits per heavy atom. The van der Waals surface area contributed by atoms with Gasteiger partial charge in [0.2, 0.25) is 0 Å². The summed E-state index contributed by atoms with van der Waals surface area (Å²) in [5.41, 5.74) is 0.794. The van der Waals surface area contributed by atoms with E-state index in [0.717, 1.165) is 11.0 Å². The summed E-state index contributed by atoms with van der Waals surface area (Å²) < 4.78 is 0. The van der Waals surface area contributed by atoms with E-state index in [9.17, 15) is 0 Å². The molecule has 0 amide bonds. The molecular weight excluding hydrogens is 140 g/mol. The standard InChI is InChI=1S/C7H6N4/c1-8-6-5-2-3-9-7(5)11-4-10-6/h2-4H,1H2,(H,9,10,11). The molecule has 54 valence electrons. The van der Waals surface area contributed by atoms with E-state index < -0.39 is 0 Å². The number of hydrogen-bond acceptors (Lipinski definition) is 3. The summed E-state index contributed by atoms with van der Waals surface area (Å²) >= 11 is 0. The first kappa shape index (κ1) is 6.03. The van der Waals surface area contributed by atoms with Gasteiger partial charge < -0.3 is 4.98 Å². The molecule has 0 aliphatic carbocycles. The molecule has 0 atom stereocenters. The zero-order chi connectivity index (χ0) is 7.68. The number of nitrogens with zero attached hydrogens (tertiary/aromatic N) is 3. The molecule has 11 heavy (non-hydrogen) atoms. The van der Waals surface area contributed by atoms with Gasteiger partial charge in [0.05, 0.1) is 5.39 Å². The topological polar surface area (TPSA) is 53.9 Å². The summed E-state index contributed by atoms with van der Waals surface area (Å²) in [4.78, 5) is 14.6. The molecule has 0 aliphatic heterocycles. The molecule has 0 aliphatic rings. The van der Waals surface area contributed by atoms with Crippen LogP contribution in [0.25, 0.3) is 11.0 Å². The highest BCUT2D eigenvalue weighted by Gasteiger charge is 1.99. The molecule has 4 heteroatoms. The number of nitrogens with one attached hydrogen (secondary N) is 1. The largest absolute Gasteiger partial charge is 0.346 e. The lowest BCUT2D eigenvalue weighted by Gasteiger charge is -1.91. The van der Waals surface area contributed by atoms with Crippen LogP contribution >= 0.6 is 0 Å². The quantitative estimate of drug-likeness (QED) is 0.616. The molecular formula is C7H6N4. The van der Waals surface area contributed by atoms with Crippen molar-refractivity contribution in [1.29, 1.82) is 0 Å². The van der Waals surface area contributed by atoms with E-state index in [2.05, 4.69) is 26.7 Å². The Balaban J connectivity index is 2.88. The van der Waals surface area contributed by atoms with Gasteiger partial charge in [-0.15, -0.1) is 0 Å². The van der Waals surface area contributed by atoms with Gasteiger partial charge in [-0.3, -0.25) is 0 Å². The monoisotopic (exact) mass is 146 g/mol. The SMILES string of the molecule is C=Nc1ncnc2[nH]ccc12. The van der Waals surface area contributed by atoms with Gasteiger partial charge in [-0.1, -0.05) is 0 Å². The average molecular weight is 146 g/mol. The van der Waals surface area contributed by atoms with Crippen molar-refractivity contribution in [3.05, 3.63) is 18.6 Å². The molecule has 2 heterocycles. The van der Waals surface area contributed by atoms with Crippen molar-refractivity contribution in [3.8, 4) is 0 Å². The van der Waals surface area contributed by atoms with Crippen molar-refractivity contribution in [1.82, 2.24) is 15.0 Å². The molecule has 2 aromatic heterocycles. The van der Waals surface area contributed by atoms with Crippen molar-refractivity contribution in [2.24, 2.45) is 4.99 Å². The van der Waals surface area contributed by atoms with Crippen LogP contribution < -0.4 is 0 Å². The van der Waals surface area contributed by atoms with Gasteiger partial charge in [0.25, 0.3) is 0 Å². The molecule has 2 rings (SSSR count). The number of hydrogen-bond donors (Lipinski definition) is 1. The maximum Gasteiger partial charge on any atom is 0.164 e. The first-order valence-corrected chi connectivity index (χ1v) is 3.16. The number of aliphatic imine (C=N–C) groups is 1. The highest BCUT2D eigenvalue weighted by Crippen LogP contribution is 2.18. The van der Waals surface area contributed by atoms with Crippen LogP contribution in [0.5, 0.6) is 0 Å². The van der Waals surface area contributed by atoms with Crippen LogP contribution in [0.15, 0.2) is 23.6 Å². The molecule has 0 spiro atoms. The molecule has 0 aromatic carbocycles. The molecule has 4 nitrogen and oxygen atoms in total. The second-order valence-corrected chi connectivity index (χ2v) is 2.10. The van der Waals surface area contributed by atoms with Crippen molar-refractivity contribution < 1.29 is 0 Å². The molecule has 2 aromatic rings. The second kappa shape index (κ2) is 2.16. The van der Waals surface area contributed by atoms with Crippen LogP contribution in [0.2, 0.25) is 0 Å². The van der Waals surface area contributed by atoms with E-state index in [1.807, 2.05) is 6.07 Å². The van der Waals surface area contributed by atoms with Gasteiger partial charge in [-0.25, -0.2) is 15.0 Å². The summed E-state index contributed by atoms with van der Waals surface area (Å²) in [7, 11) is 0. The van der Waals surface area contributed by atoms with Crippen molar-refractivity contribution in [2.45, 2.75) is 0 Å². The Kier molecular flexibility index (Phi) is 1.18. The molecule has 0 radical (unpaired) electrons. The predicted octanol–water partition coefficient (Wildman–Crippen LogP) is 1.29. The third-order valence-corrected chi connectivity index (χ3v) is 1.48. The van der Waals surface area contributed by atoms with E-state index in [0.29, 0.717) is 5.82 Å². The van der Waals surface area contributed by atoms with Crippen LogP contribution in [0, 0.1) is 0 Å². The second-order valence-electron chi connectivity index (χ2n) is 2.10. The highest BCUT2D eigenvalue weighted by atomic mass is 15.0. The van der Waals surface area contributed by atoms with Gasteiger partial charge in [0.1, 0.15) is 12.0 Å². The highest BCUT2D eigenvalue weighted by molar-refractivity contribution is 5.85. The lowest BCUT2D eigenvalue weighted by atomic mass is 10.4. The Morgan fingerprint density at radius 3 is 3.18 bits per heavy atom. The fourth-order valence-electron chi connectivity index (χ4n) is 0.985. The van der Waals surface area contributed by atoms with Crippen LogP contribution in [0.3, 0.4) is 0 Å². The van der Waals surface area contributed by atoms with Crippen molar-refractivity contribution in [2.75, 3.05) is 0 Å². The lowest BCUT2D eigenvalue weighted by Crippen LogP contribution is -1.79. The molecule has 0 saturated carbocycles. The summed E-state index contributed by atoms with van der Waals surface area (Å²) in [6.45, 7) is 3.41. The lowest BCUT2D eigenvalue weighted by molar-refractivity contribution is 1.19. The van der Waals surface area contributed by atoms with E-state index in [1.54, 1.807) is 6.20 Å². The van der Waals surface area contributed by atoms with Crippen molar-refractivity contribution >= 4 is 23.6 Å². The van der Waals surface area contributed by atoms with Crippen molar-refractivity contribution in [3.63, 3.8) is 0 Å². The van der Waals surface area contributed by atoms with E-state index in [1.165, 1.54) is 6.33 Å². The fraction of sp³-hybridized carbons (Fsp3) is 0. The third-order valence-electron chi connectivity index (χ3n) is 1.48. The maximum absolute atomic E-state index is 4.00. The Hall–Kier alpha value is -1.71. The number of aromatic amines is 1. The molecule has 1 N–H and O–H groups in total. The normalized spacial score (nSPS) is 10.2. The Labute approximate surface area is 63.0 Å². The van der Waals surface area contributed by atoms with Gasteiger partial charge in [-0.05, 0) is 12.8 Å². The Bertz CT molecular complexity index is 390. The first-order valence-electron chi connectivity index (χ1n) is 3.16. The minimum atomic E-state index is 0.622. The van der Waals surface area contributed by atoms with Crippen LogP contribution in [-0.4, -0.2) is 21.7 Å². The fourth-order valence-corrected chi connectivity index (χ4v) is 0.985. The number of fused-ring (bicyclic) bond motifs is 1. The minimum absolute atomic E-state index is 0.622. The molecule has 0 unspecified atom stereocenters. The van der Waals surface area contributed by atoms with Gasteiger partial charge in [0.15, 0.2) is 5.82 Å². The molecule has 0 saturated heterocycles. The minimum Gasteiger partial charge on any atom is -0.346 e. The zero-order valence-corrected chi connectivity index (χ0v) is 5.78. The summed E-state index contributed by atoms with van der Waals surface area (Å²) in [5.74, 6) is 0.622. The maximum atomic E-state index is 4.00. The number of rotatable bonds is 1. The number of aromatic nitrogens is 3. The smallest absolute Gasteiger partial charge is 0.164 e. The number of H-pyrrole nitrogens is 1. The van der Waals surface area contributed by atoms with Gasteiger partial charge >= 0.3 is 0 Å². The van der Waals surface area contributed by atoms with E-state index in [4.69, 9.17) is 0 Å².